The fourth-order valence-electron chi connectivity index (χ4n) is 11.4. The number of hydrogen-bond donors (Lipinski definition) is 0. The van der Waals surface area contributed by atoms with Crippen molar-refractivity contribution in [2.45, 2.75) is 78.6 Å². The molecule has 0 amide bonds. The van der Waals surface area contributed by atoms with Gasteiger partial charge in [0.1, 0.15) is 0 Å². The summed E-state index contributed by atoms with van der Waals surface area (Å²) in [5.41, 5.74) is 20.2. The van der Waals surface area contributed by atoms with Crippen LogP contribution < -0.4 is 26.2 Å². The molecule has 2 aromatic heterocycles. The van der Waals surface area contributed by atoms with Crippen molar-refractivity contribution >= 4 is 120 Å². The van der Waals surface area contributed by atoms with E-state index in [4.69, 9.17) is 0 Å². The van der Waals surface area contributed by atoms with Crippen LogP contribution in [0.4, 0.5) is 34.1 Å². The average Bonchev–Trinajstić information content (AvgIpc) is 3.94. The molecule has 0 aliphatic carbocycles. The third-order valence-electron chi connectivity index (χ3n) is 15.3. The van der Waals surface area contributed by atoms with E-state index in [2.05, 4.69) is 254 Å². The molecule has 0 unspecified atom stereocenters. The van der Waals surface area contributed by atoms with Gasteiger partial charge in [-0.15, -0.1) is 22.7 Å². The molecular formula is C66H57BN2S2. The minimum atomic E-state index is -0.123. The van der Waals surface area contributed by atoms with E-state index in [-0.39, 0.29) is 23.0 Å². The SMILES string of the molecule is CC(C)(C)c1ccc2c(c1)B1c3ccc(C(C)(C)C)cc3N(c3ccc(-c4cccc5c4sc4ccccc45)cc3)c3cc(C(C)(C)C)cc(c31)N2c1ccc(-c2cccc3c2sc2ccccc23)cc1. The molecule has 0 saturated heterocycles. The van der Waals surface area contributed by atoms with Gasteiger partial charge in [0.05, 0.1) is 0 Å². The number of rotatable bonds is 4. The van der Waals surface area contributed by atoms with Crippen LogP contribution in [0.5, 0.6) is 0 Å². The van der Waals surface area contributed by atoms with Gasteiger partial charge in [-0.25, -0.2) is 0 Å². The quantitative estimate of drug-likeness (QED) is 0.162. The van der Waals surface area contributed by atoms with E-state index < -0.39 is 0 Å². The highest BCUT2D eigenvalue weighted by Crippen LogP contribution is 2.49. The summed E-state index contributed by atoms with van der Waals surface area (Å²) in [6.07, 6.45) is 0. The summed E-state index contributed by atoms with van der Waals surface area (Å²) in [5, 5.41) is 5.31. The molecule has 346 valence electrons. The van der Waals surface area contributed by atoms with Gasteiger partial charge < -0.3 is 9.80 Å². The van der Waals surface area contributed by atoms with Crippen LogP contribution in [0.1, 0.15) is 79.0 Å². The number of anilines is 6. The predicted molar refractivity (Wildman–Crippen MR) is 313 cm³/mol. The van der Waals surface area contributed by atoms with E-state index >= 15 is 0 Å². The molecule has 2 aliphatic heterocycles. The summed E-state index contributed by atoms with van der Waals surface area (Å²) in [4.78, 5) is 5.18. The first-order valence-electron chi connectivity index (χ1n) is 25.2. The van der Waals surface area contributed by atoms with Crippen LogP contribution in [0.15, 0.2) is 182 Å². The Morgan fingerprint density at radius 1 is 0.352 bits per heavy atom. The fourth-order valence-corrected chi connectivity index (χ4v) is 13.9. The maximum atomic E-state index is 2.60. The minimum absolute atomic E-state index is 0.0255. The third-order valence-corrected chi connectivity index (χ3v) is 17.8. The van der Waals surface area contributed by atoms with Gasteiger partial charge in [0.15, 0.2) is 0 Å². The molecule has 0 bridgehead atoms. The van der Waals surface area contributed by atoms with E-state index in [1.54, 1.807) is 0 Å². The standard InChI is InChI=1S/C66H57BN2S2/c1-64(2,3)42-29-35-55-54(36-42)67-53-34-28-43(65(4,5)6)37-56(53)69(46-32-26-41(27-33-46)48-19-15-21-52-50-17-11-13-23-60(50)71-63(48)52)58-39-44(66(7,8)9)38-57(61(58)67)68(55)45-30-24-40(25-31-45)47-18-14-20-51-49-16-10-12-22-59(49)70-62(47)51/h10-39H,1-9H3. The van der Waals surface area contributed by atoms with Crippen molar-refractivity contribution in [1.82, 2.24) is 0 Å². The lowest BCUT2D eigenvalue weighted by atomic mass is 9.33. The summed E-state index contributed by atoms with van der Waals surface area (Å²) in [6, 6.07) is 69.8. The Morgan fingerprint density at radius 3 is 1.30 bits per heavy atom. The summed E-state index contributed by atoms with van der Waals surface area (Å²) in [6.45, 7) is 21.2. The van der Waals surface area contributed by atoms with E-state index in [0.717, 1.165) is 11.4 Å². The highest BCUT2D eigenvalue weighted by atomic mass is 32.1. The topological polar surface area (TPSA) is 6.48 Å². The molecule has 0 atom stereocenters. The largest absolute Gasteiger partial charge is 0.311 e. The Labute approximate surface area is 426 Å². The van der Waals surface area contributed by atoms with Crippen molar-refractivity contribution < 1.29 is 0 Å². The molecule has 2 nitrogen and oxygen atoms in total. The molecule has 0 N–H and O–H groups in total. The lowest BCUT2D eigenvalue weighted by Gasteiger charge is -2.45. The van der Waals surface area contributed by atoms with Crippen molar-refractivity contribution in [1.29, 1.82) is 0 Å². The van der Waals surface area contributed by atoms with Gasteiger partial charge in [-0.1, -0.05) is 184 Å². The Hall–Kier alpha value is -6.92. The van der Waals surface area contributed by atoms with Crippen LogP contribution >= 0.6 is 22.7 Å². The summed E-state index contributed by atoms with van der Waals surface area (Å²) < 4.78 is 5.34. The van der Waals surface area contributed by atoms with Crippen LogP contribution in [0.3, 0.4) is 0 Å². The van der Waals surface area contributed by atoms with Gasteiger partial charge >= 0.3 is 0 Å². The molecule has 0 radical (unpaired) electrons. The van der Waals surface area contributed by atoms with Crippen LogP contribution in [0.2, 0.25) is 0 Å². The van der Waals surface area contributed by atoms with Crippen LogP contribution in [-0.2, 0) is 16.2 Å². The zero-order valence-corrected chi connectivity index (χ0v) is 43.7. The fraction of sp³-hybridized carbons (Fsp3) is 0.182. The first kappa shape index (κ1) is 44.1. The molecule has 0 fully saturated rings. The Balaban J connectivity index is 1.03. The maximum absolute atomic E-state index is 2.60. The highest BCUT2D eigenvalue weighted by molar-refractivity contribution is 7.26. The summed E-state index contributed by atoms with van der Waals surface area (Å²) in [5.74, 6) is 0. The molecule has 0 spiro atoms. The van der Waals surface area contributed by atoms with Gasteiger partial charge in [-0.3, -0.25) is 0 Å². The lowest BCUT2D eigenvalue weighted by Crippen LogP contribution is -2.61. The Bertz CT molecular complexity index is 3950. The number of hydrogen-bond acceptors (Lipinski definition) is 4. The molecule has 0 saturated carbocycles. The second kappa shape index (κ2) is 15.8. The lowest BCUT2D eigenvalue weighted by molar-refractivity contribution is 0.589. The van der Waals surface area contributed by atoms with E-state index in [1.165, 1.54) is 118 Å². The van der Waals surface area contributed by atoms with Crippen LogP contribution in [0, 0.1) is 0 Å². The molecule has 4 heterocycles. The van der Waals surface area contributed by atoms with E-state index in [9.17, 15) is 0 Å². The predicted octanol–water partition coefficient (Wildman–Crippen LogP) is 17.7. The number of nitrogens with zero attached hydrogens (tertiary/aromatic N) is 2. The molecule has 11 aromatic rings. The normalized spacial score (nSPS) is 13.6. The Kier molecular flexibility index (Phi) is 9.80. The van der Waals surface area contributed by atoms with E-state index in [0.29, 0.717) is 0 Å². The van der Waals surface area contributed by atoms with Crippen molar-refractivity contribution in [2.75, 3.05) is 9.80 Å². The monoisotopic (exact) mass is 952 g/mol. The summed E-state index contributed by atoms with van der Waals surface area (Å²) in [7, 11) is 0. The van der Waals surface area contributed by atoms with Gasteiger partial charge in [0, 0.05) is 74.5 Å². The second-order valence-corrected chi connectivity index (χ2v) is 25.1. The van der Waals surface area contributed by atoms with Gasteiger partial charge in [0.2, 0.25) is 0 Å². The zero-order valence-electron chi connectivity index (χ0n) is 42.1. The first-order valence-corrected chi connectivity index (χ1v) is 26.8. The van der Waals surface area contributed by atoms with Crippen molar-refractivity contribution in [3.8, 4) is 22.3 Å². The van der Waals surface area contributed by atoms with Gasteiger partial charge in [-0.05, 0) is 132 Å². The zero-order chi connectivity index (χ0) is 48.7. The van der Waals surface area contributed by atoms with Gasteiger partial charge in [-0.2, -0.15) is 0 Å². The van der Waals surface area contributed by atoms with Crippen LogP contribution in [0.25, 0.3) is 62.6 Å². The number of fused-ring (bicyclic) bond motifs is 10. The Morgan fingerprint density at radius 2 is 0.789 bits per heavy atom. The first-order chi connectivity index (χ1) is 34.1. The molecule has 13 rings (SSSR count). The molecule has 71 heavy (non-hydrogen) atoms. The number of benzene rings is 9. The van der Waals surface area contributed by atoms with E-state index in [1.807, 2.05) is 22.7 Å². The van der Waals surface area contributed by atoms with Crippen LogP contribution in [-0.4, -0.2) is 6.71 Å². The third kappa shape index (κ3) is 7.02. The molecule has 2 aliphatic rings. The summed E-state index contributed by atoms with van der Waals surface area (Å²) >= 11 is 3.79. The molecule has 5 heteroatoms. The van der Waals surface area contributed by atoms with Gasteiger partial charge in [0.25, 0.3) is 6.71 Å². The smallest absolute Gasteiger partial charge is 0.252 e. The highest BCUT2D eigenvalue weighted by Gasteiger charge is 2.45. The molecule has 9 aromatic carbocycles. The minimum Gasteiger partial charge on any atom is -0.311 e. The average molecular weight is 953 g/mol. The maximum Gasteiger partial charge on any atom is 0.252 e. The van der Waals surface area contributed by atoms with Crippen molar-refractivity contribution in [3.05, 3.63) is 199 Å². The van der Waals surface area contributed by atoms with Crippen molar-refractivity contribution in [3.63, 3.8) is 0 Å². The second-order valence-electron chi connectivity index (χ2n) is 23.0. The molecular weight excluding hydrogens is 896 g/mol. The van der Waals surface area contributed by atoms with Crippen molar-refractivity contribution in [2.24, 2.45) is 0 Å². The number of thiophene rings is 2.